The predicted octanol–water partition coefficient (Wildman–Crippen LogP) is 3.10. The van der Waals surface area contributed by atoms with E-state index >= 15 is 0 Å². The van der Waals surface area contributed by atoms with Crippen LogP contribution in [0.1, 0.15) is 0 Å². The summed E-state index contributed by atoms with van der Waals surface area (Å²) in [5.41, 5.74) is 1.45. The monoisotopic (exact) mass is 264 g/mol. The molecule has 0 radical (unpaired) electrons. The molecule has 0 fully saturated rings. The highest BCUT2D eigenvalue weighted by Gasteiger charge is 2.11. The van der Waals surface area contributed by atoms with E-state index in [1.165, 1.54) is 0 Å². The lowest BCUT2D eigenvalue weighted by atomic mass is 10.2. The number of hydrogen-bond donors (Lipinski definition) is 0. The normalized spacial score (nSPS) is 10.9. The van der Waals surface area contributed by atoms with Gasteiger partial charge >= 0.3 is 0 Å². The summed E-state index contributed by atoms with van der Waals surface area (Å²) in [6.07, 6.45) is 1.58. The van der Waals surface area contributed by atoms with Gasteiger partial charge in [-0.3, -0.25) is 4.40 Å². The van der Waals surface area contributed by atoms with Crippen LogP contribution in [-0.2, 0) is 0 Å². The first-order valence-corrected chi connectivity index (χ1v) is 5.62. The maximum Gasteiger partial charge on any atom is 0.171 e. The molecule has 17 heavy (non-hydrogen) atoms. The van der Waals surface area contributed by atoms with Crippen LogP contribution in [0.25, 0.3) is 17.0 Å². The van der Waals surface area contributed by atoms with Crippen LogP contribution in [0.15, 0.2) is 36.7 Å². The summed E-state index contributed by atoms with van der Waals surface area (Å²) in [6, 6.07) is 9.10. The highest BCUT2D eigenvalue weighted by Crippen LogP contribution is 2.26. The van der Waals surface area contributed by atoms with Crippen LogP contribution in [0.2, 0.25) is 10.2 Å². The summed E-state index contributed by atoms with van der Waals surface area (Å²) >= 11 is 11.9. The molecule has 0 saturated carbocycles. The second-order valence-corrected chi connectivity index (χ2v) is 4.24. The van der Waals surface area contributed by atoms with Crippen LogP contribution < -0.4 is 0 Å². The van der Waals surface area contributed by atoms with Crippen LogP contribution >= 0.6 is 23.2 Å². The molecule has 1 aromatic carbocycles. The summed E-state index contributed by atoms with van der Waals surface area (Å²) in [5, 5.41) is 9.13. The number of aromatic nitrogens is 4. The summed E-state index contributed by atoms with van der Waals surface area (Å²) < 4.78 is 1.74. The number of rotatable bonds is 1. The Kier molecular flexibility index (Phi) is 2.46. The van der Waals surface area contributed by atoms with E-state index < -0.39 is 0 Å². The fraction of sp³-hybridized carbons (Fsp3) is 0. The first-order valence-electron chi connectivity index (χ1n) is 4.87. The molecular formula is C11H6Cl2N4. The fourth-order valence-electron chi connectivity index (χ4n) is 1.60. The molecule has 2 heterocycles. The number of nitrogens with zero attached hydrogens (tertiary/aromatic N) is 4. The third-order valence-corrected chi connectivity index (χ3v) is 2.92. The third kappa shape index (κ3) is 1.75. The standard InChI is InChI=1S/C11H6Cl2N4/c12-8-4-2-1-3-7(8)11-16-15-10-5-9(13)14-6-17(10)11/h1-6H. The lowest BCUT2D eigenvalue weighted by molar-refractivity contribution is 1.08. The lowest BCUT2D eigenvalue weighted by Crippen LogP contribution is -1.91. The molecule has 0 unspecified atom stereocenters. The van der Waals surface area contributed by atoms with E-state index in [2.05, 4.69) is 15.2 Å². The predicted molar refractivity (Wildman–Crippen MR) is 66.2 cm³/mol. The molecule has 0 aliphatic heterocycles. The van der Waals surface area contributed by atoms with Gasteiger partial charge in [0.1, 0.15) is 11.5 Å². The molecule has 84 valence electrons. The Morgan fingerprint density at radius 1 is 1.06 bits per heavy atom. The van der Waals surface area contributed by atoms with Gasteiger partial charge in [-0.25, -0.2) is 4.98 Å². The number of fused-ring (bicyclic) bond motifs is 1. The Labute approximate surface area is 107 Å². The van der Waals surface area contributed by atoms with Gasteiger partial charge in [0.05, 0.1) is 5.02 Å². The highest BCUT2D eigenvalue weighted by molar-refractivity contribution is 6.33. The summed E-state index contributed by atoms with van der Waals surface area (Å²) in [4.78, 5) is 4.00. The second kappa shape index (κ2) is 3.98. The fourth-order valence-corrected chi connectivity index (χ4v) is 1.96. The third-order valence-electron chi connectivity index (χ3n) is 2.38. The van der Waals surface area contributed by atoms with Crippen molar-refractivity contribution in [3.8, 4) is 11.4 Å². The maximum atomic E-state index is 6.12. The van der Waals surface area contributed by atoms with Crippen LogP contribution in [0, 0.1) is 0 Å². The van der Waals surface area contributed by atoms with Crippen molar-refractivity contribution in [1.82, 2.24) is 19.6 Å². The van der Waals surface area contributed by atoms with E-state index in [9.17, 15) is 0 Å². The topological polar surface area (TPSA) is 43.1 Å². The number of halogens is 2. The Hall–Kier alpha value is -1.65. The van der Waals surface area contributed by atoms with Gasteiger partial charge in [0.15, 0.2) is 11.5 Å². The van der Waals surface area contributed by atoms with E-state index in [0.717, 1.165) is 5.56 Å². The molecule has 4 nitrogen and oxygen atoms in total. The van der Waals surface area contributed by atoms with Crippen molar-refractivity contribution in [1.29, 1.82) is 0 Å². The van der Waals surface area contributed by atoms with Crippen LogP contribution in [0.3, 0.4) is 0 Å². The van der Waals surface area contributed by atoms with Crippen molar-refractivity contribution in [2.24, 2.45) is 0 Å². The summed E-state index contributed by atoms with van der Waals surface area (Å²) in [5.74, 6) is 0.648. The van der Waals surface area contributed by atoms with Gasteiger partial charge in [0.25, 0.3) is 0 Å². The van der Waals surface area contributed by atoms with Crippen molar-refractivity contribution < 1.29 is 0 Å². The average Bonchev–Trinajstić information content (AvgIpc) is 2.72. The van der Waals surface area contributed by atoms with E-state index in [-0.39, 0.29) is 0 Å². The summed E-state index contributed by atoms with van der Waals surface area (Å²) in [6.45, 7) is 0. The number of hydrogen-bond acceptors (Lipinski definition) is 3. The molecule has 2 aromatic heterocycles. The van der Waals surface area contributed by atoms with Crippen molar-refractivity contribution in [2.45, 2.75) is 0 Å². The van der Waals surface area contributed by atoms with Gasteiger partial charge < -0.3 is 0 Å². The van der Waals surface area contributed by atoms with E-state index in [4.69, 9.17) is 23.2 Å². The van der Waals surface area contributed by atoms with Crippen molar-refractivity contribution in [2.75, 3.05) is 0 Å². The zero-order valence-electron chi connectivity index (χ0n) is 8.51. The van der Waals surface area contributed by atoms with Crippen molar-refractivity contribution in [3.63, 3.8) is 0 Å². The SMILES string of the molecule is Clc1cc2nnc(-c3ccccc3Cl)n2cn1. The van der Waals surface area contributed by atoms with Gasteiger partial charge in [-0.15, -0.1) is 10.2 Å². The first kappa shape index (κ1) is 10.5. The molecule has 0 aliphatic rings. The largest absolute Gasteiger partial charge is 0.265 e. The van der Waals surface area contributed by atoms with Crippen LogP contribution in [0.5, 0.6) is 0 Å². The Morgan fingerprint density at radius 3 is 2.71 bits per heavy atom. The molecule has 0 bridgehead atoms. The van der Waals surface area contributed by atoms with Gasteiger partial charge in [-0.2, -0.15) is 0 Å². The molecular weight excluding hydrogens is 259 g/mol. The molecule has 3 rings (SSSR count). The zero-order chi connectivity index (χ0) is 11.8. The minimum atomic E-state index is 0.385. The zero-order valence-corrected chi connectivity index (χ0v) is 10.0. The maximum absolute atomic E-state index is 6.12. The lowest BCUT2D eigenvalue weighted by Gasteiger charge is -2.01. The van der Waals surface area contributed by atoms with E-state index in [1.54, 1.807) is 22.9 Å². The van der Waals surface area contributed by atoms with E-state index in [1.807, 2.05) is 18.2 Å². The molecule has 3 aromatic rings. The van der Waals surface area contributed by atoms with Gasteiger partial charge in [-0.05, 0) is 12.1 Å². The van der Waals surface area contributed by atoms with Crippen LogP contribution in [0.4, 0.5) is 0 Å². The second-order valence-electron chi connectivity index (χ2n) is 3.44. The van der Waals surface area contributed by atoms with Crippen molar-refractivity contribution in [3.05, 3.63) is 46.8 Å². The molecule has 0 amide bonds. The van der Waals surface area contributed by atoms with Gasteiger partial charge in [-0.1, -0.05) is 35.3 Å². The van der Waals surface area contributed by atoms with Gasteiger partial charge in [0, 0.05) is 11.6 Å². The smallest absolute Gasteiger partial charge is 0.171 e. The van der Waals surface area contributed by atoms with E-state index in [0.29, 0.717) is 21.6 Å². The minimum Gasteiger partial charge on any atom is -0.265 e. The molecule has 0 saturated heterocycles. The first-order chi connectivity index (χ1) is 8.25. The number of benzene rings is 1. The Balaban J connectivity index is 2.29. The molecule has 0 aliphatic carbocycles. The van der Waals surface area contributed by atoms with Crippen LogP contribution in [-0.4, -0.2) is 19.6 Å². The molecule has 0 atom stereocenters. The quantitative estimate of drug-likeness (QED) is 0.635. The molecule has 6 heteroatoms. The average molecular weight is 265 g/mol. The highest BCUT2D eigenvalue weighted by atomic mass is 35.5. The van der Waals surface area contributed by atoms with Crippen molar-refractivity contribution >= 4 is 28.8 Å². The molecule has 0 spiro atoms. The summed E-state index contributed by atoms with van der Waals surface area (Å²) in [7, 11) is 0. The minimum absolute atomic E-state index is 0.385. The van der Waals surface area contributed by atoms with Gasteiger partial charge in [0.2, 0.25) is 0 Å². The Bertz CT molecular complexity index is 693. The molecule has 0 N–H and O–H groups in total. The Morgan fingerprint density at radius 2 is 1.88 bits per heavy atom.